The predicted octanol–water partition coefficient (Wildman–Crippen LogP) is 5.00. The Labute approximate surface area is 240 Å². The average molecular weight is 575 g/mol. The van der Waals surface area contributed by atoms with Gasteiger partial charge in [-0.25, -0.2) is 9.79 Å². The molecule has 0 saturated carbocycles. The van der Waals surface area contributed by atoms with Crippen molar-refractivity contribution < 1.29 is 19.0 Å². The van der Waals surface area contributed by atoms with E-state index in [1.165, 1.54) is 11.3 Å². The lowest BCUT2D eigenvalue weighted by Gasteiger charge is -2.26. The fourth-order valence-corrected chi connectivity index (χ4v) is 5.86. The number of rotatable bonds is 8. The standard InChI is InChI=1S/C31H27ClN2O5S/c1-4-38-22-14-12-21(13-15-22)28-26(30(36)39-5-2)27(20-9-7-6-8-10-20)33-31-34(28)29(35)25(40-31)18-19-11-16-24(37-3)23(32)17-19/h6-18,28H,4-5H2,1-3H3/b25-18-/t28-/m1/s1. The molecule has 4 aromatic rings. The monoisotopic (exact) mass is 574 g/mol. The van der Waals surface area contributed by atoms with E-state index >= 15 is 0 Å². The lowest BCUT2D eigenvalue weighted by molar-refractivity contribution is -0.138. The number of thiazole rings is 1. The maximum Gasteiger partial charge on any atom is 0.338 e. The zero-order chi connectivity index (χ0) is 28.2. The van der Waals surface area contributed by atoms with Crippen LogP contribution in [0.2, 0.25) is 5.02 Å². The molecule has 9 heteroatoms. The van der Waals surface area contributed by atoms with Gasteiger partial charge in [0.2, 0.25) is 0 Å². The highest BCUT2D eigenvalue weighted by atomic mass is 35.5. The molecular weight excluding hydrogens is 548 g/mol. The molecule has 0 spiro atoms. The van der Waals surface area contributed by atoms with E-state index in [4.69, 9.17) is 30.8 Å². The van der Waals surface area contributed by atoms with Crippen molar-refractivity contribution in [3.8, 4) is 11.5 Å². The number of nitrogens with zero attached hydrogens (tertiary/aromatic N) is 2. The molecule has 204 valence electrons. The maximum atomic E-state index is 14.0. The summed E-state index contributed by atoms with van der Waals surface area (Å²) in [6, 6.07) is 21.4. The molecule has 0 N–H and O–H groups in total. The van der Waals surface area contributed by atoms with E-state index < -0.39 is 12.0 Å². The van der Waals surface area contributed by atoms with Gasteiger partial charge in [0.1, 0.15) is 11.5 Å². The van der Waals surface area contributed by atoms with Crippen LogP contribution >= 0.6 is 22.9 Å². The second-order valence-corrected chi connectivity index (χ2v) is 10.2. The van der Waals surface area contributed by atoms with Crippen LogP contribution in [0.1, 0.15) is 36.6 Å². The first-order valence-corrected chi connectivity index (χ1v) is 14.0. The van der Waals surface area contributed by atoms with Gasteiger partial charge in [-0.3, -0.25) is 9.36 Å². The van der Waals surface area contributed by atoms with Gasteiger partial charge in [-0.15, -0.1) is 0 Å². The fourth-order valence-electron chi connectivity index (χ4n) is 4.59. The summed E-state index contributed by atoms with van der Waals surface area (Å²) in [7, 11) is 1.55. The number of esters is 1. The van der Waals surface area contributed by atoms with Crippen molar-refractivity contribution in [1.82, 2.24) is 4.57 Å². The highest BCUT2D eigenvalue weighted by Gasteiger charge is 2.35. The molecule has 0 aliphatic carbocycles. The molecule has 3 aromatic carbocycles. The Morgan fingerprint density at radius 3 is 2.45 bits per heavy atom. The summed E-state index contributed by atoms with van der Waals surface area (Å²) in [4.78, 5) is 32.8. The van der Waals surface area contributed by atoms with Crippen molar-refractivity contribution in [3.63, 3.8) is 0 Å². The summed E-state index contributed by atoms with van der Waals surface area (Å²) < 4.78 is 18.4. The highest BCUT2D eigenvalue weighted by Crippen LogP contribution is 2.35. The Balaban J connectivity index is 1.78. The Hall–Kier alpha value is -4.14. The lowest BCUT2D eigenvalue weighted by atomic mass is 9.93. The van der Waals surface area contributed by atoms with Crippen LogP contribution in [0, 0.1) is 0 Å². The van der Waals surface area contributed by atoms with Crippen molar-refractivity contribution in [1.29, 1.82) is 0 Å². The quantitative estimate of drug-likeness (QED) is 0.277. The molecule has 40 heavy (non-hydrogen) atoms. The van der Waals surface area contributed by atoms with Gasteiger partial charge < -0.3 is 14.2 Å². The minimum atomic E-state index is -0.761. The Morgan fingerprint density at radius 1 is 1.05 bits per heavy atom. The molecule has 0 bridgehead atoms. The number of methoxy groups -OCH3 is 1. The lowest BCUT2D eigenvalue weighted by Crippen LogP contribution is -2.40. The molecule has 1 aliphatic heterocycles. The third-order valence-corrected chi connectivity index (χ3v) is 7.63. The molecule has 0 saturated heterocycles. The first kappa shape index (κ1) is 27.4. The maximum absolute atomic E-state index is 14.0. The van der Waals surface area contributed by atoms with Crippen molar-refractivity contribution >= 4 is 40.7 Å². The van der Waals surface area contributed by atoms with Crippen LogP contribution in [0.3, 0.4) is 0 Å². The molecule has 1 aliphatic rings. The zero-order valence-corrected chi connectivity index (χ0v) is 23.8. The smallest absolute Gasteiger partial charge is 0.338 e. The van der Waals surface area contributed by atoms with Crippen LogP contribution in [0.15, 0.2) is 88.2 Å². The van der Waals surface area contributed by atoms with E-state index in [-0.39, 0.29) is 12.2 Å². The molecule has 0 unspecified atom stereocenters. The van der Waals surface area contributed by atoms with Gasteiger partial charge in [-0.05, 0) is 55.3 Å². The third kappa shape index (κ3) is 5.33. The highest BCUT2D eigenvalue weighted by molar-refractivity contribution is 7.07. The molecule has 1 aromatic heterocycles. The SMILES string of the molecule is CCOC(=O)C1=C(c2ccccc2)N=c2s/c(=C\c3ccc(OC)c(Cl)c3)c(=O)n2[C@@H]1c1ccc(OCC)cc1. The summed E-state index contributed by atoms with van der Waals surface area (Å²) in [5.41, 5.74) is 2.71. The Kier molecular flexibility index (Phi) is 8.19. The third-order valence-electron chi connectivity index (χ3n) is 6.35. The normalized spacial score (nSPS) is 14.9. The van der Waals surface area contributed by atoms with Gasteiger partial charge in [0.15, 0.2) is 4.80 Å². The van der Waals surface area contributed by atoms with E-state index in [9.17, 15) is 9.59 Å². The van der Waals surface area contributed by atoms with E-state index in [1.54, 1.807) is 36.8 Å². The van der Waals surface area contributed by atoms with Gasteiger partial charge in [0.25, 0.3) is 5.56 Å². The average Bonchev–Trinajstić information content (AvgIpc) is 3.27. The number of halogens is 1. The summed E-state index contributed by atoms with van der Waals surface area (Å²) in [6.45, 7) is 4.37. The van der Waals surface area contributed by atoms with Crippen LogP contribution in [0.5, 0.6) is 11.5 Å². The van der Waals surface area contributed by atoms with Crippen LogP contribution in [0.4, 0.5) is 0 Å². The largest absolute Gasteiger partial charge is 0.495 e. The van der Waals surface area contributed by atoms with Gasteiger partial charge >= 0.3 is 5.97 Å². The second-order valence-electron chi connectivity index (χ2n) is 8.83. The van der Waals surface area contributed by atoms with Gasteiger partial charge in [-0.2, -0.15) is 0 Å². The number of aromatic nitrogens is 1. The van der Waals surface area contributed by atoms with Gasteiger partial charge in [0, 0.05) is 5.56 Å². The molecule has 0 radical (unpaired) electrons. The molecule has 5 rings (SSSR count). The topological polar surface area (TPSA) is 79.1 Å². The van der Waals surface area contributed by atoms with Crippen molar-refractivity contribution in [2.45, 2.75) is 19.9 Å². The molecule has 0 fully saturated rings. The van der Waals surface area contributed by atoms with E-state index in [0.717, 1.165) is 16.7 Å². The summed E-state index contributed by atoms with van der Waals surface area (Å²) in [5, 5.41) is 0.437. The van der Waals surface area contributed by atoms with Gasteiger partial charge in [0.05, 0.1) is 47.2 Å². The molecule has 1 atom stereocenters. The number of carbonyl (C=O) groups excluding carboxylic acids is 1. The molecule has 7 nitrogen and oxygen atoms in total. The summed E-state index contributed by atoms with van der Waals surface area (Å²) in [5.74, 6) is 0.711. The van der Waals surface area contributed by atoms with Gasteiger partial charge in [-0.1, -0.05) is 71.5 Å². The van der Waals surface area contributed by atoms with Crippen molar-refractivity contribution in [3.05, 3.63) is 120 Å². The number of hydrogen-bond acceptors (Lipinski definition) is 7. The fraction of sp³-hybridized carbons (Fsp3) is 0.194. The van der Waals surface area contributed by atoms with E-state index in [2.05, 4.69) is 0 Å². The first-order chi connectivity index (χ1) is 19.4. The van der Waals surface area contributed by atoms with Crippen LogP contribution < -0.4 is 24.4 Å². The van der Waals surface area contributed by atoms with Crippen LogP contribution in [-0.2, 0) is 9.53 Å². The predicted molar refractivity (Wildman–Crippen MR) is 157 cm³/mol. The van der Waals surface area contributed by atoms with Crippen molar-refractivity contribution in [2.24, 2.45) is 4.99 Å². The summed E-state index contributed by atoms with van der Waals surface area (Å²) in [6.07, 6.45) is 1.76. The molecular formula is C31H27ClN2O5S. The zero-order valence-electron chi connectivity index (χ0n) is 22.2. The molecule has 2 heterocycles. The Bertz CT molecular complexity index is 1760. The van der Waals surface area contributed by atoms with Crippen molar-refractivity contribution in [2.75, 3.05) is 20.3 Å². The van der Waals surface area contributed by atoms with Crippen LogP contribution in [-0.4, -0.2) is 30.9 Å². The number of carbonyl (C=O) groups is 1. The Morgan fingerprint density at radius 2 is 1.80 bits per heavy atom. The minimum Gasteiger partial charge on any atom is -0.495 e. The minimum absolute atomic E-state index is 0.184. The van der Waals surface area contributed by atoms with E-state index in [1.807, 2.05) is 67.6 Å². The number of hydrogen-bond donors (Lipinski definition) is 0. The first-order valence-electron chi connectivity index (χ1n) is 12.8. The second kappa shape index (κ2) is 11.9. The number of ether oxygens (including phenoxy) is 3. The van der Waals surface area contributed by atoms with Crippen LogP contribution in [0.25, 0.3) is 11.8 Å². The molecule has 0 amide bonds. The number of benzene rings is 3. The van der Waals surface area contributed by atoms with E-state index in [0.29, 0.717) is 43.7 Å². The summed E-state index contributed by atoms with van der Waals surface area (Å²) >= 11 is 7.58. The number of fused-ring (bicyclic) bond motifs is 1.